The Labute approximate surface area is 134 Å². The van der Waals surface area contributed by atoms with Gasteiger partial charge in [0.05, 0.1) is 16.8 Å². The Morgan fingerprint density at radius 3 is 2.42 bits per heavy atom. The molecule has 10 heteroatoms. The fourth-order valence-electron chi connectivity index (χ4n) is 2.61. The molecule has 0 spiro atoms. The number of nitro benzene ring substituents is 1. The lowest BCUT2D eigenvalue weighted by Gasteiger charge is -2.18. The average molecular weight is 348 g/mol. The lowest BCUT2D eigenvalue weighted by atomic mass is 9.96. The zero-order valence-corrected chi connectivity index (χ0v) is 12.4. The summed E-state index contributed by atoms with van der Waals surface area (Å²) in [6, 6.07) is 5.29. The number of hydrogen-bond acceptors (Lipinski definition) is 5. The molecule has 0 unspecified atom stereocenters. The fraction of sp³-hybridized carbons (Fsp3) is 0.500. The molecule has 2 atom stereocenters. The van der Waals surface area contributed by atoms with Crippen molar-refractivity contribution in [1.82, 2.24) is 4.90 Å². The van der Waals surface area contributed by atoms with Gasteiger partial charge in [0, 0.05) is 31.8 Å². The van der Waals surface area contributed by atoms with E-state index in [1.54, 1.807) is 0 Å². The molecular weight excluding hydrogens is 333 g/mol. The quantitative estimate of drug-likeness (QED) is 0.626. The molecule has 24 heavy (non-hydrogen) atoms. The maximum absolute atomic E-state index is 12.9. The summed E-state index contributed by atoms with van der Waals surface area (Å²) in [5, 5.41) is 19.4. The van der Waals surface area contributed by atoms with Gasteiger partial charge < -0.3 is 9.84 Å². The highest BCUT2D eigenvalue weighted by molar-refractivity contribution is 5.71. The van der Waals surface area contributed by atoms with Crippen molar-refractivity contribution < 1.29 is 32.7 Å². The highest BCUT2D eigenvalue weighted by atomic mass is 19.4. The molecule has 7 nitrogen and oxygen atoms in total. The van der Waals surface area contributed by atoms with Crippen LogP contribution in [0.4, 0.5) is 18.9 Å². The summed E-state index contributed by atoms with van der Waals surface area (Å²) in [6.07, 6.45) is -4.56. The molecule has 132 valence electrons. The molecule has 0 amide bonds. The Bertz CT molecular complexity index is 605. The summed E-state index contributed by atoms with van der Waals surface area (Å²) >= 11 is 0. The number of carboxylic acid groups (broad SMARTS) is 1. The van der Waals surface area contributed by atoms with E-state index in [2.05, 4.69) is 0 Å². The van der Waals surface area contributed by atoms with Crippen molar-refractivity contribution in [3.05, 3.63) is 34.4 Å². The number of alkyl halides is 3. The van der Waals surface area contributed by atoms with Gasteiger partial charge in [-0.3, -0.25) is 19.8 Å². The highest BCUT2D eigenvalue weighted by Crippen LogP contribution is 2.37. The lowest BCUT2D eigenvalue weighted by molar-refractivity contribution is -0.384. The number of likely N-dealkylation sites (tertiary alicyclic amines) is 1. The van der Waals surface area contributed by atoms with Crippen molar-refractivity contribution >= 4 is 11.7 Å². The number of rotatable bonds is 6. The third kappa shape index (κ3) is 4.34. The predicted molar refractivity (Wildman–Crippen MR) is 75.7 cm³/mol. The lowest BCUT2D eigenvalue weighted by Crippen LogP contribution is -2.33. The van der Waals surface area contributed by atoms with Gasteiger partial charge >= 0.3 is 12.1 Å². The van der Waals surface area contributed by atoms with E-state index in [1.165, 1.54) is 29.2 Å². The SMILES string of the molecule is O=C(O)[C@@H]1CN(CCOc2ccc([N+](=O)[O-])cc2)C[C@H]1C(F)(F)F. The van der Waals surface area contributed by atoms with E-state index >= 15 is 0 Å². The summed E-state index contributed by atoms with van der Waals surface area (Å²) in [4.78, 5) is 22.3. The van der Waals surface area contributed by atoms with Crippen LogP contribution in [0.2, 0.25) is 0 Å². The van der Waals surface area contributed by atoms with Crippen LogP contribution in [0, 0.1) is 22.0 Å². The largest absolute Gasteiger partial charge is 0.492 e. The number of non-ortho nitro benzene ring substituents is 1. The first-order valence-corrected chi connectivity index (χ1v) is 7.07. The van der Waals surface area contributed by atoms with Gasteiger partial charge in [0.1, 0.15) is 12.4 Å². The van der Waals surface area contributed by atoms with Crippen LogP contribution < -0.4 is 4.74 Å². The first kappa shape index (κ1) is 18.0. The summed E-state index contributed by atoms with van der Waals surface area (Å²) in [6.45, 7) is -0.394. The van der Waals surface area contributed by atoms with Gasteiger partial charge in [-0.15, -0.1) is 0 Å². The molecule has 1 N–H and O–H groups in total. The van der Waals surface area contributed by atoms with Crippen LogP contribution in [0.1, 0.15) is 0 Å². The second-order valence-corrected chi connectivity index (χ2v) is 5.45. The van der Waals surface area contributed by atoms with E-state index in [9.17, 15) is 28.1 Å². The first-order chi connectivity index (χ1) is 11.2. The topological polar surface area (TPSA) is 92.9 Å². The van der Waals surface area contributed by atoms with Crippen molar-refractivity contribution in [3.63, 3.8) is 0 Å². The molecule has 0 aliphatic carbocycles. The number of carbonyl (C=O) groups is 1. The van der Waals surface area contributed by atoms with Gasteiger partial charge in [0.15, 0.2) is 0 Å². The van der Waals surface area contributed by atoms with Crippen molar-refractivity contribution in [2.75, 3.05) is 26.2 Å². The van der Waals surface area contributed by atoms with Gasteiger partial charge in [0.2, 0.25) is 0 Å². The van der Waals surface area contributed by atoms with Crippen LogP contribution in [0.25, 0.3) is 0 Å². The molecule has 1 saturated heterocycles. The zero-order chi connectivity index (χ0) is 17.9. The third-order valence-electron chi connectivity index (χ3n) is 3.86. The smallest absolute Gasteiger partial charge is 0.393 e. The van der Waals surface area contributed by atoms with Crippen LogP contribution >= 0.6 is 0 Å². The molecule has 1 heterocycles. The summed E-state index contributed by atoms with van der Waals surface area (Å²) in [5.41, 5.74) is -0.0980. The second-order valence-electron chi connectivity index (χ2n) is 5.45. The first-order valence-electron chi connectivity index (χ1n) is 7.07. The molecule has 1 aromatic rings. The van der Waals surface area contributed by atoms with Crippen LogP contribution in [-0.2, 0) is 4.79 Å². The molecule has 1 aliphatic heterocycles. The van der Waals surface area contributed by atoms with Crippen molar-refractivity contribution in [3.8, 4) is 5.75 Å². The van der Waals surface area contributed by atoms with E-state index in [0.717, 1.165) is 0 Å². The van der Waals surface area contributed by atoms with Gasteiger partial charge in [-0.25, -0.2) is 0 Å². The maximum atomic E-state index is 12.9. The van der Waals surface area contributed by atoms with Crippen LogP contribution in [-0.4, -0.2) is 53.3 Å². The Balaban J connectivity index is 1.86. The molecule has 0 aromatic heterocycles. The minimum atomic E-state index is -4.56. The standard InChI is InChI=1S/C14H15F3N2O5/c15-14(16,17)12-8-18(7-11(12)13(20)21)5-6-24-10-3-1-9(2-4-10)19(22)23/h1-4,11-12H,5-8H2,(H,20,21)/t11-,12-/m1/s1. The van der Waals surface area contributed by atoms with Crippen LogP contribution in [0.15, 0.2) is 24.3 Å². The fourth-order valence-corrected chi connectivity index (χ4v) is 2.61. The van der Waals surface area contributed by atoms with Gasteiger partial charge in [0.25, 0.3) is 5.69 Å². The predicted octanol–water partition coefficient (Wildman–Crippen LogP) is 2.17. The Morgan fingerprint density at radius 2 is 1.96 bits per heavy atom. The van der Waals surface area contributed by atoms with Gasteiger partial charge in [-0.1, -0.05) is 0 Å². The number of hydrogen-bond donors (Lipinski definition) is 1. The molecule has 0 saturated carbocycles. The monoisotopic (exact) mass is 348 g/mol. The molecule has 1 aliphatic rings. The number of ether oxygens (including phenoxy) is 1. The van der Waals surface area contributed by atoms with Crippen LogP contribution in [0.5, 0.6) is 5.75 Å². The Morgan fingerprint density at radius 1 is 1.33 bits per heavy atom. The Kier molecular flexibility index (Phi) is 5.27. The third-order valence-corrected chi connectivity index (χ3v) is 3.86. The number of nitrogens with zero attached hydrogens (tertiary/aromatic N) is 2. The normalized spacial score (nSPS) is 21.6. The van der Waals surface area contributed by atoms with Gasteiger partial charge in [-0.05, 0) is 12.1 Å². The average Bonchev–Trinajstić information content (AvgIpc) is 2.92. The highest BCUT2D eigenvalue weighted by Gasteiger charge is 2.52. The number of aliphatic carboxylic acids is 1. The van der Waals surface area contributed by atoms with E-state index in [1.807, 2.05) is 0 Å². The van der Waals surface area contributed by atoms with E-state index in [-0.39, 0.29) is 31.9 Å². The zero-order valence-electron chi connectivity index (χ0n) is 12.4. The molecule has 1 aromatic carbocycles. The molecule has 0 bridgehead atoms. The van der Waals surface area contributed by atoms with Crippen molar-refractivity contribution in [1.29, 1.82) is 0 Å². The Hall–Kier alpha value is -2.36. The summed E-state index contributed by atoms with van der Waals surface area (Å²) < 4.78 is 43.9. The maximum Gasteiger partial charge on any atom is 0.393 e. The van der Waals surface area contributed by atoms with E-state index < -0.39 is 28.9 Å². The molecule has 2 rings (SSSR count). The molecule has 0 radical (unpaired) electrons. The second kappa shape index (κ2) is 7.04. The summed E-state index contributed by atoms with van der Waals surface area (Å²) in [7, 11) is 0. The molecule has 1 fully saturated rings. The summed E-state index contributed by atoms with van der Waals surface area (Å²) in [5.74, 6) is -4.49. The van der Waals surface area contributed by atoms with Crippen molar-refractivity contribution in [2.45, 2.75) is 6.18 Å². The van der Waals surface area contributed by atoms with E-state index in [0.29, 0.717) is 5.75 Å². The van der Waals surface area contributed by atoms with E-state index in [4.69, 9.17) is 9.84 Å². The number of nitro groups is 1. The van der Waals surface area contributed by atoms with Crippen LogP contribution in [0.3, 0.4) is 0 Å². The minimum Gasteiger partial charge on any atom is -0.492 e. The van der Waals surface area contributed by atoms with Crippen molar-refractivity contribution in [2.24, 2.45) is 11.8 Å². The van der Waals surface area contributed by atoms with Gasteiger partial charge in [-0.2, -0.15) is 13.2 Å². The minimum absolute atomic E-state index is 0.0503. The number of halogens is 3. The number of benzene rings is 1. The molecular formula is C14H15F3N2O5. The number of carboxylic acids is 1.